The molecule has 1 aliphatic rings. The molecule has 5 heteroatoms. The number of nitrogens with one attached hydrogen (secondary N) is 1. The molecule has 1 amide bonds. The number of rotatable bonds is 2. The summed E-state index contributed by atoms with van der Waals surface area (Å²) in [6.45, 7) is 10.1. The predicted molar refractivity (Wildman–Crippen MR) is 88.6 cm³/mol. The van der Waals surface area contributed by atoms with Gasteiger partial charge in [0.1, 0.15) is 11.5 Å². The maximum Gasteiger partial charge on any atom is 0.255 e. The normalized spacial score (nSPS) is 17.9. The van der Waals surface area contributed by atoms with Gasteiger partial charge in [0, 0.05) is 11.3 Å². The number of fused-ring (bicyclic) bond motifs is 1. The fourth-order valence-electron chi connectivity index (χ4n) is 3.38. The quantitative estimate of drug-likeness (QED) is 0.920. The molecule has 0 unspecified atom stereocenters. The van der Waals surface area contributed by atoms with Crippen LogP contribution >= 0.6 is 0 Å². The predicted octanol–water partition coefficient (Wildman–Crippen LogP) is 3.66. The van der Waals surface area contributed by atoms with Gasteiger partial charge in [-0.05, 0) is 59.9 Å². The standard InChI is InChI=1S/C18H25N3O2/c1-11-9-13(12(2)23-11)17(22)20-15-7-6-8-16-14(15)10-19-21(16)18(3,4)5/h9-10,15H,6-8H2,1-5H3,(H,20,22)/t15-/m1/s1. The van der Waals surface area contributed by atoms with E-state index in [4.69, 9.17) is 4.42 Å². The maximum atomic E-state index is 12.6. The van der Waals surface area contributed by atoms with E-state index >= 15 is 0 Å². The van der Waals surface area contributed by atoms with Gasteiger partial charge in [-0.25, -0.2) is 0 Å². The number of furan rings is 1. The van der Waals surface area contributed by atoms with E-state index in [0.29, 0.717) is 11.3 Å². The van der Waals surface area contributed by atoms with Gasteiger partial charge in [0.2, 0.25) is 0 Å². The average Bonchev–Trinajstić information content (AvgIpc) is 3.02. The third-order valence-corrected chi connectivity index (χ3v) is 4.41. The summed E-state index contributed by atoms with van der Waals surface area (Å²) in [6.07, 6.45) is 4.94. The Morgan fingerprint density at radius 2 is 2.13 bits per heavy atom. The summed E-state index contributed by atoms with van der Waals surface area (Å²) in [7, 11) is 0. The smallest absolute Gasteiger partial charge is 0.255 e. The number of aromatic nitrogens is 2. The van der Waals surface area contributed by atoms with Crippen molar-refractivity contribution < 1.29 is 9.21 Å². The number of carbonyl (C=O) groups is 1. The molecule has 0 aromatic carbocycles. The number of amides is 1. The molecule has 0 bridgehead atoms. The van der Waals surface area contributed by atoms with Crippen LogP contribution in [0.5, 0.6) is 0 Å². The first-order valence-corrected chi connectivity index (χ1v) is 8.22. The molecule has 23 heavy (non-hydrogen) atoms. The number of carbonyl (C=O) groups excluding carboxylic acids is 1. The number of hydrogen-bond acceptors (Lipinski definition) is 3. The van der Waals surface area contributed by atoms with Gasteiger partial charge in [0.25, 0.3) is 5.91 Å². The van der Waals surface area contributed by atoms with E-state index in [9.17, 15) is 4.79 Å². The van der Waals surface area contributed by atoms with E-state index in [0.717, 1.165) is 30.6 Å². The lowest BCUT2D eigenvalue weighted by atomic mass is 9.92. The molecule has 2 heterocycles. The molecule has 0 aliphatic heterocycles. The molecule has 0 saturated carbocycles. The van der Waals surface area contributed by atoms with Gasteiger partial charge < -0.3 is 9.73 Å². The van der Waals surface area contributed by atoms with Crippen LogP contribution in [-0.2, 0) is 12.0 Å². The van der Waals surface area contributed by atoms with Crippen LogP contribution in [0.2, 0.25) is 0 Å². The molecule has 0 radical (unpaired) electrons. The van der Waals surface area contributed by atoms with Crippen molar-refractivity contribution in [2.24, 2.45) is 0 Å². The second-order valence-corrected chi connectivity index (χ2v) is 7.37. The fraction of sp³-hybridized carbons (Fsp3) is 0.556. The molecule has 0 saturated heterocycles. The third-order valence-electron chi connectivity index (χ3n) is 4.41. The highest BCUT2D eigenvalue weighted by Gasteiger charge is 2.29. The molecule has 0 fully saturated rings. The number of aryl methyl sites for hydroxylation is 2. The van der Waals surface area contributed by atoms with Crippen molar-refractivity contribution in [1.82, 2.24) is 15.1 Å². The molecule has 5 nitrogen and oxygen atoms in total. The summed E-state index contributed by atoms with van der Waals surface area (Å²) in [5.41, 5.74) is 2.97. The minimum Gasteiger partial charge on any atom is -0.466 e. The van der Waals surface area contributed by atoms with E-state index < -0.39 is 0 Å². The van der Waals surface area contributed by atoms with Crippen LogP contribution in [0.4, 0.5) is 0 Å². The van der Waals surface area contributed by atoms with Crippen molar-refractivity contribution in [2.45, 2.75) is 65.5 Å². The molecule has 1 atom stereocenters. The molecule has 2 aromatic rings. The fourth-order valence-corrected chi connectivity index (χ4v) is 3.38. The van der Waals surface area contributed by atoms with Crippen molar-refractivity contribution in [1.29, 1.82) is 0 Å². The Labute approximate surface area is 137 Å². The summed E-state index contributed by atoms with van der Waals surface area (Å²) < 4.78 is 7.56. The Hall–Kier alpha value is -2.04. The van der Waals surface area contributed by atoms with Crippen molar-refractivity contribution in [3.05, 3.63) is 40.6 Å². The zero-order valence-electron chi connectivity index (χ0n) is 14.6. The van der Waals surface area contributed by atoms with Crippen molar-refractivity contribution >= 4 is 5.91 Å². The maximum absolute atomic E-state index is 12.6. The van der Waals surface area contributed by atoms with Gasteiger partial charge in [0.05, 0.1) is 23.3 Å². The van der Waals surface area contributed by atoms with Gasteiger partial charge >= 0.3 is 0 Å². The highest BCUT2D eigenvalue weighted by Crippen LogP contribution is 2.32. The summed E-state index contributed by atoms with van der Waals surface area (Å²) in [5.74, 6) is 1.36. The Kier molecular flexibility index (Phi) is 3.82. The van der Waals surface area contributed by atoms with E-state index in [-0.39, 0.29) is 17.5 Å². The van der Waals surface area contributed by atoms with Crippen LogP contribution < -0.4 is 5.32 Å². The molecular formula is C18H25N3O2. The molecular weight excluding hydrogens is 290 g/mol. The molecule has 1 aliphatic carbocycles. The van der Waals surface area contributed by atoms with Gasteiger partial charge in [-0.1, -0.05) is 0 Å². The Balaban J connectivity index is 1.85. The van der Waals surface area contributed by atoms with Gasteiger partial charge in [0.15, 0.2) is 0 Å². The first-order valence-electron chi connectivity index (χ1n) is 8.22. The van der Waals surface area contributed by atoms with Crippen molar-refractivity contribution in [2.75, 3.05) is 0 Å². The molecule has 3 rings (SSSR count). The van der Waals surface area contributed by atoms with Crippen LogP contribution in [0.15, 0.2) is 16.7 Å². The lowest BCUT2D eigenvalue weighted by molar-refractivity contribution is 0.0931. The van der Waals surface area contributed by atoms with Crippen LogP contribution in [0, 0.1) is 13.8 Å². The summed E-state index contributed by atoms with van der Waals surface area (Å²) in [6, 6.07) is 1.82. The summed E-state index contributed by atoms with van der Waals surface area (Å²) in [4.78, 5) is 12.6. The summed E-state index contributed by atoms with van der Waals surface area (Å²) >= 11 is 0. The molecule has 0 spiro atoms. The second kappa shape index (κ2) is 5.55. The number of hydrogen-bond donors (Lipinski definition) is 1. The topological polar surface area (TPSA) is 60.1 Å². The molecule has 2 aromatic heterocycles. The average molecular weight is 315 g/mol. The van der Waals surface area contributed by atoms with E-state index in [1.165, 1.54) is 5.69 Å². The van der Waals surface area contributed by atoms with Gasteiger partial charge in [-0.2, -0.15) is 5.10 Å². The minimum absolute atomic E-state index is 0.0250. The largest absolute Gasteiger partial charge is 0.466 e. The van der Waals surface area contributed by atoms with E-state index in [1.807, 2.05) is 20.0 Å². The van der Waals surface area contributed by atoms with Crippen molar-refractivity contribution in [3.8, 4) is 0 Å². The van der Waals surface area contributed by atoms with Crippen LogP contribution in [-0.4, -0.2) is 15.7 Å². The lowest BCUT2D eigenvalue weighted by Crippen LogP contribution is -2.32. The van der Waals surface area contributed by atoms with E-state index in [1.54, 1.807) is 6.07 Å². The number of nitrogens with zero attached hydrogens (tertiary/aromatic N) is 2. The van der Waals surface area contributed by atoms with Crippen LogP contribution in [0.25, 0.3) is 0 Å². The summed E-state index contributed by atoms with van der Waals surface area (Å²) in [5, 5.41) is 7.73. The highest BCUT2D eigenvalue weighted by molar-refractivity contribution is 5.95. The minimum atomic E-state index is -0.0688. The SMILES string of the molecule is Cc1cc(C(=O)N[C@@H]2CCCc3c2cnn3C(C)(C)C)c(C)o1. The molecule has 1 N–H and O–H groups in total. The van der Waals surface area contributed by atoms with Crippen molar-refractivity contribution in [3.63, 3.8) is 0 Å². The van der Waals surface area contributed by atoms with Gasteiger partial charge in [-0.15, -0.1) is 0 Å². The zero-order valence-corrected chi connectivity index (χ0v) is 14.6. The Bertz CT molecular complexity index is 734. The lowest BCUT2D eigenvalue weighted by Gasteiger charge is -2.28. The zero-order chi connectivity index (χ0) is 16.8. The van der Waals surface area contributed by atoms with Crippen LogP contribution in [0.1, 0.15) is 72.8 Å². The first kappa shape index (κ1) is 15.8. The van der Waals surface area contributed by atoms with E-state index in [2.05, 4.69) is 35.9 Å². The molecule has 124 valence electrons. The Morgan fingerprint density at radius 1 is 1.39 bits per heavy atom. The monoisotopic (exact) mass is 315 g/mol. The third kappa shape index (κ3) is 2.92. The van der Waals surface area contributed by atoms with Crippen LogP contribution in [0.3, 0.4) is 0 Å². The first-order chi connectivity index (χ1) is 10.8. The Morgan fingerprint density at radius 3 is 2.74 bits per heavy atom. The van der Waals surface area contributed by atoms with Gasteiger partial charge in [-0.3, -0.25) is 9.48 Å². The second-order valence-electron chi connectivity index (χ2n) is 7.37. The highest BCUT2D eigenvalue weighted by atomic mass is 16.3.